The molecular formula is C54H52N2O4. The van der Waals surface area contributed by atoms with Gasteiger partial charge < -0.3 is 10.2 Å². The van der Waals surface area contributed by atoms with Gasteiger partial charge in [0, 0.05) is 50.2 Å². The number of unbranched alkanes of at least 4 members (excludes halogenated alkanes) is 3. The van der Waals surface area contributed by atoms with Gasteiger partial charge in [-0.2, -0.15) is 0 Å². The molecule has 2 aliphatic rings. The number of ketones is 2. The van der Waals surface area contributed by atoms with E-state index >= 15 is 0 Å². The van der Waals surface area contributed by atoms with Gasteiger partial charge in [-0.15, -0.1) is 0 Å². The summed E-state index contributed by atoms with van der Waals surface area (Å²) in [6, 6.07) is 48.6. The Morgan fingerprint density at radius 3 is 1.27 bits per heavy atom. The molecule has 0 radical (unpaired) electrons. The molecule has 6 aromatic carbocycles. The molecule has 6 aromatic rings. The first kappa shape index (κ1) is 40.4. The zero-order valence-corrected chi connectivity index (χ0v) is 34.1. The van der Waals surface area contributed by atoms with E-state index in [1.165, 1.54) is 0 Å². The predicted octanol–water partition coefficient (Wildman–Crippen LogP) is 12.1. The second-order valence-corrected chi connectivity index (χ2v) is 16.2. The molecule has 0 aromatic heterocycles. The number of aliphatic hydroxyl groups is 2. The second-order valence-electron chi connectivity index (χ2n) is 16.2. The predicted molar refractivity (Wildman–Crippen MR) is 245 cm³/mol. The Balaban J connectivity index is 0.948. The van der Waals surface area contributed by atoms with E-state index in [0.717, 1.165) is 69.5 Å². The first-order valence-electron chi connectivity index (χ1n) is 21.4. The molecule has 2 unspecified atom stereocenters. The highest BCUT2D eigenvalue weighted by molar-refractivity contribution is 6.25. The van der Waals surface area contributed by atoms with E-state index in [2.05, 4.69) is 60.7 Å². The third-order valence-electron chi connectivity index (χ3n) is 12.1. The molecule has 0 amide bonds. The van der Waals surface area contributed by atoms with Crippen molar-refractivity contribution in [3.63, 3.8) is 0 Å². The summed E-state index contributed by atoms with van der Waals surface area (Å²) in [6.07, 6.45) is 5.98. The second kappa shape index (κ2) is 19.1. The van der Waals surface area contributed by atoms with Crippen molar-refractivity contribution < 1.29 is 19.8 Å². The number of rotatable bonds is 13. The normalized spacial score (nSPS) is 20.3. The summed E-state index contributed by atoms with van der Waals surface area (Å²) in [4.78, 5) is 37.6. The zero-order valence-electron chi connectivity index (χ0n) is 34.1. The number of aliphatic hydroxyl groups excluding tert-OH is 2. The molecule has 0 aliphatic heterocycles. The molecule has 0 bridgehead atoms. The standard InChI is InChI=1S/C54H52N2O4/c57-49(33-41-25-15-23-39-21-9-11-27-45(39)41)53-47(31-43(35-51(53)59)37-17-5-3-6-18-37)55-29-13-1-2-14-30-56-48-32-44(38-19-7-4-8-20-38)36-52(60)54(48)50(58)34-42-26-16-24-40-22-10-12-28-46(40)42/h3-12,15-28,43-44,57-58H,1-2,13-14,29-36H2/b53-49+,54-50+,55-47?,56-48?. The molecule has 0 saturated heterocycles. The Morgan fingerprint density at radius 2 is 0.833 bits per heavy atom. The average molecular weight is 793 g/mol. The molecule has 2 aliphatic carbocycles. The van der Waals surface area contributed by atoms with Gasteiger partial charge in [0.15, 0.2) is 11.6 Å². The lowest BCUT2D eigenvalue weighted by molar-refractivity contribution is -0.116. The van der Waals surface area contributed by atoms with Crippen molar-refractivity contribution in [1.82, 2.24) is 0 Å². The Kier molecular flexibility index (Phi) is 12.9. The van der Waals surface area contributed by atoms with E-state index in [0.29, 0.717) is 61.3 Å². The third kappa shape index (κ3) is 9.39. The van der Waals surface area contributed by atoms with Crippen LogP contribution in [-0.4, -0.2) is 46.3 Å². The fraction of sp³-hybridized carbons (Fsp3) is 0.259. The van der Waals surface area contributed by atoms with E-state index in [1.807, 2.05) is 84.9 Å². The van der Waals surface area contributed by atoms with Crippen LogP contribution < -0.4 is 0 Å². The van der Waals surface area contributed by atoms with Crippen LogP contribution in [0.4, 0.5) is 0 Å². The number of Topliss-reactive ketones (excluding diaryl/α,β-unsaturated/α-hetero) is 2. The van der Waals surface area contributed by atoms with Crippen molar-refractivity contribution in [2.75, 3.05) is 13.1 Å². The van der Waals surface area contributed by atoms with Crippen LogP contribution in [0.15, 0.2) is 178 Å². The summed E-state index contributed by atoms with van der Waals surface area (Å²) in [5, 5.41) is 27.5. The maximum atomic E-state index is 13.8. The lowest BCUT2D eigenvalue weighted by Gasteiger charge is -2.26. The highest BCUT2D eigenvalue weighted by Gasteiger charge is 2.34. The molecule has 2 atom stereocenters. The molecular weight excluding hydrogens is 741 g/mol. The topological polar surface area (TPSA) is 99.3 Å². The summed E-state index contributed by atoms with van der Waals surface area (Å²) < 4.78 is 0. The van der Waals surface area contributed by atoms with Crippen LogP contribution in [0.5, 0.6) is 0 Å². The molecule has 60 heavy (non-hydrogen) atoms. The van der Waals surface area contributed by atoms with Gasteiger partial charge in [0.05, 0.1) is 11.1 Å². The Morgan fingerprint density at radius 1 is 0.450 bits per heavy atom. The van der Waals surface area contributed by atoms with Crippen molar-refractivity contribution in [2.24, 2.45) is 9.98 Å². The number of aliphatic imine (C=N–C) groups is 2. The summed E-state index contributed by atoms with van der Waals surface area (Å²) >= 11 is 0. The minimum absolute atomic E-state index is 0.0178. The largest absolute Gasteiger partial charge is 0.511 e. The molecule has 6 heteroatoms. The summed E-state index contributed by atoms with van der Waals surface area (Å²) in [5.41, 5.74) is 6.35. The summed E-state index contributed by atoms with van der Waals surface area (Å²) in [6.45, 7) is 1.12. The summed E-state index contributed by atoms with van der Waals surface area (Å²) in [7, 11) is 0. The van der Waals surface area contributed by atoms with Crippen LogP contribution in [0.3, 0.4) is 0 Å². The first-order chi connectivity index (χ1) is 29.4. The van der Waals surface area contributed by atoms with Gasteiger partial charge in [-0.05, 0) is 81.3 Å². The maximum Gasteiger partial charge on any atom is 0.168 e. The highest BCUT2D eigenvalue weighted by Crippen LogP contribution is 2.36. The molecule has 2 N–H and O–H groups in total. The number of hydrogen-bond donors (Lipinski definition) is 2. The highest BCUT2D eigenvalue weighted by atomic mass is 16.3. The van der Waals surface area contributed by atoms with Gasteiger partial charge in [0.25, 0.3) is 0 Å². The van der Waals surface area contributed by atoms with Crippen LogP contribution in [-0.2, 0) is 22.4 Å². The minimum Gasteiger partial charge on any atom is -0.511 e. The van der Waals surface area contributed by atoms with Crippen molar-refractivity contribution in [3.05, 3.63) is 191 Å². The van der Waals surface area contributed by atoms with Gasteiger partial charge in [0.1, 0.15) is 11.5 Å². The minimum atomic E-state index is -0.0574. The molecule has 302 valence electrons. The van der Waals surface area contributed by atoms with Crippen LogP contribution in [0.25, 0.3) is 21.5 Å². The fourth-order valence-electron chi connectivity index (χ4n) is 9.09. The molecule has 2 fully saturated rings. The van der Waals surface area contributed by atoms with E-state index in [-0.39, 0.29) is 47.8 Å². The lowest BCUT2D eigenvalue weighted by Crippen LogP contribution is -2.27. The van der Waals surface area contributed by atoms with Crippen molar-refractivity contribution >= 4 is 44.5 Å². The SMILES string of the molecule is O=C1CC(c2ccccc2)CC(=NCCCCCCN=C2CC(c3ccccc3)CC(=O)/C2=C(/O)Cc2cccc3ccccc23)/C1=C(\O)Cc1cccc2ccccc12. The quantitative estimate of drug-likeness (QED) is 0.0691. The van der Waals surface area contributed by atoms with E-state index < -0.39 is 0 Å². The van der Waals surface area contributed by atoms with Crippen LogP contribution >= 0.6 is 0 Å². The van der Waals surface area contributed by atoms with Gasteiger partial charge in [-0.25, -0.2) is 0 Å². The Hall–Kier alpha value is -6.40. The van der Waals surface area contributed by atoms with Gasteiger partial charge in [0.2, 0.25) is 0 Å². The summed E-state index contributed by atoms with van der Waals surface area (Å²) in [5.74, 6) is 0.102. The fourth-order valence-corrected chi connectivity index (χ4v) is 9.09. The Labute approximate surface area is 352 Å². The molecule has 6 nitrogen and oxygen atoms in total. The van der Waals surface area contributed by atoms with Gasteiger partial charge in [-0.1, -0.05) is 158 Å². The number of allylic oxidation sites excluding steroid dienone is 4. The van der Waals surface area contributed by atoms with Gasteiger partial charge in [-0.3, -0.25) is 19.6 Å². The number of fused-ring (bicyclic) bond motifs is 2. The Bertz CT molecular complexity index is 2430. The number of benzene rings is 6. The first-order valence-corrected chi connectivity index (χ1v) is 21.4. The van der Waals surface area contributed by atoms with Crippen LogP contribution in [0, 0.1) is 0 Å². The third-order valence-corrected chi connectivity index (χ3v) is 12.1. The molecule has 8 rings (SSSR count). The molecule has 0 heterocycles. The van der Waals surface area contributed by atoms with Crippen molar-refractivity contribution in [1.29, 1.82) is 0 Å². The lowest BCUT2D eigenvalue weighted by atomic mass is 9.78. The number of carbonyl (C=O) groups excluding carboxylic acids is 2. The van der Waals surface area contributed by atoms with Gasteiger partial charge >= 0.3 is 0 Å². The average Bonchev–Trinajstić information content (AvgIpc) is 3.27. The van der Waals surface area contributed by atoms with E-state index in [9.17, 15) is 19.8 Å². The van der Waals surface area contributed by atoms with E-state index in [4.69, 9.17) is 9.98 Å². The van der Waals surface area contributed by atoms with Crippen molar-refractivity contribution in [3.8, 4) is 0 Å². The number of nitrogens with zero attached hydrogens (tertiary/aromatic N) is 2. The number of carbonyl (C=O) groups is 2. The maximum absolute atomic E-state index is 13.8. The smallest absolute Gasteiger partial charge is 0.168 e. The molecule has 0 spiro atoms. The molecule has 2 saturated carbocycles. The zero-order chi connectivity index (χ0) is 41.3. The van der Waals surface area contributed by atoms with Crippen LogP contribution in [0.1, 0.15) is 85.5 Å². The van der Waals surface area contributed by atoms with Crippen LogP contribution in [0.2, 0.25) is 0 Å². The van der Waals surface area contributed by atoms with E-state index in [1.54, 1.807) is 0 Å². The number of hydrogen-bond acceptors (Lipinski definition) is 6. The van der Waals surface area contributed by atoms with Crippen molar-refractivity contribution in [2.45, 2.75) is 76.0 Å². The monoisotopic (exact) mass is 792 g/mol.